The minimum absolute atomic E-state index is 0.222. The van der Waals surface area contributed by atoms with Crippen LogP contribution in [0, 0.1) is 0 Å². The molecule has 1 unspecified atom stereocenters. The summed E-state index contributed by atoms with van der Waals surface area (Å²) in [5.41, 5.74) is 0.734. The number of carboxylic acid groups (broad SMARTS) is 1. The molecule has 0 saturated carbocycles. The highest BCUT2D eigenvalue weighted by Crippen LogP contribution is 2.33. The highest BCUT2D eigenvalue weighted by molar-refractivity contribution is 6.35. The molecule has 3 aromatic rings. The summed E-state index contributed by atoms with van der Waals surface area (Å²) in [6.07, 6.45) is 1.91. The van der Waals surface area contributed by atoms with Crippen LogP contribution in [0.4, 0.5) is 10.6 Å². The zero-order valence-corrected chi connectivity index (χ0v) is 16.5. The van der Waals surface area contributed by atoms with Crippen LogP contribution in [0.25, 0.3) is 10.8 Å². The van der Waals surface area contributed by atoms with Gasteiger partial charge in [-0.15, -0.1) is 0 Å². The summed E-state index contributed by atoms with van der Waals surface area (Å²) >= 11 is 0. The summed E-state index contributed by atoms with van der Waals surface area (Å²) in [6.45, 7) is 0.840. The van der Waals surface area contributed by atoms with Crippen molar-refractivity contribution in [2.24, 2.45) is 0 Å². The van der Waals surface area contributed by atoms with Gasteiger partial charge >= 0.3 is 6.09 Å². The third-order valence-corrected chi connectivity index (χ3v) is 5.67. The number of likely N-dealkylation sites (tertiary alicyclic amines) is 1. The number of fused-ring (bicyclic) bond motifs is 2. The lowest BCUT2D eigenvalue weighted by molar-refractivity contribution is 0.0792. The second kappa shape index (κ2) is 7.39. The van der Waals surface area contributed by atoms with E-state index in [0.717, 1.165) is 23.1 Å². The van der Waals surface area contributed by atoms with Gasteiger partial charge in [0, 0.05) is 18.1 Å². The van der Waals surface area contributed by atoms with Crippen molar-refractivity contribution < 1.29 is 24.2 Å². The SMILES string of the molecule is O=C(O)N1CCCC(Oc2ccc3c(N4C(=O)c5ccccc5C4=O)nccc3c2)C1. The van der Waals surface area contributed by atoms with Gasteiger partial charge in [-0.3, -0.25) is 9.59 Å². The Bertz CT molecular complexity index is 1190. The van der Waals surface area contributed by atoms with E-state index in [0.29, 0.717) is 35.4 Å². The van der Waals surface area contributed by atoms with E-state index in [1.54, 1.807) is 48.7 Å². The monoisotopic (exact) mass is 417 g/mol. The van der Waals surface area contributed by atoms with E-state index >= 15 is 0 Å². The number of benzene rings is 2. The summed E-state index contributed by atoms with van der Waals surface area (Å²) in [6, 6.07) is 13.9. The molecule has 1 atom stereocenters. The Labute approximate surface area is 177 Å². The number of carbonyl (C=O) groups excluding carboxylic acids is 2. The summed E-state index contributed by atoms with van der Waals surface area (Å²) < 4.78 is 6.03. The molecule has 1 saturated heterocycles. The highest BCUT2D eigenvalue weighted by atomic mass is 16.5. The van der Waals surface area contributed by atoms with Crippen LogP contribution in [0.2, 0.25) is 0 Å². The van der Waals surface area contributed by atoms with Gasteiger partial charge in [0.25, 0.3) is 11.8 Å². The van der Waals surface area contributed by atoms with Crippen molar-refractivity contribution in [3.63, 3.8) is 0 Å². The lowest BCUT2D eigenvalue weighted by Gasteiger charge is -2.31. The number of imide groups is 1. The second-order valence-corrected chi connectivity index (χ2v) is 7.62. The first-order valence-corrected chi connectivity index (χ1v) is 10.0. The van der Waals surface area contributed by atoms with E-state index in [2.05, 4.69) is 4.98 Å². The predicted octanol–water partition coefficient (Wildman–Crippen LogP) is 3.56. The van der Waals surface area contributed by atoms with Gasteiger partial charge < -0.3 is 14.7 Å². The minimum Gasteiger partial charge on any atom is -0.489 e. The summed E-state index contributed by atoms with van der Waals surface area (Å²) in [5.74, 6) is 0.100. The van der Waals surface area contributed by atoms with Gasteiger partial charge in [-0.2, -0.15) is 0 Å². The Morgan fingerprint density at radius 1 is 1.06 bits per heavy atom. The third kappa shape index (κ3) is 3.26. The fraction of sp³-hybridized carbons (Fsp3) is 0.217. The Kier molecular flexibility index (Phi) is 4.54. The first-order valence-electron chi connectivity index (χ1n) is 10.0. The molecular formula is C23H19N3O5. The molecule has 0 bridgehead atoms. The van der Waals surface area contributed by atoms with Crippen molar-refractivity contribution in [1.29, 1.82) is 0 Å². The van der Waals surface area contributed by atoms with E-state index in [1.165, 1.54) is 4.90 Å². The van der Waals surface area contributed by atoms with Crippen LogP contribution < -0.4 is 9.64 Å². The topological polar surface area (TPSA) is 100 Å². The molecule has 1 aromatic heterocycles. The number of hydrogen-bond donors (Lipinski definition) is 1. The van der Waals surface area contributed by atoms with Crippen molar-refractivity contribution >= 4 is 34.5 Å². The number of aromatic nitrogens is 1. The van der Waals surface area contributed by atoms with E-state index in [-0.39, 0.29) is 11.9 Å². The van der Waals surface area contributed by atoms with Gasteiger partial charge in [0.2, 0.25) is 0 Å². The Balaban J connectivity index is 1.44. The van der Waals surface area contributed by atoms with E-state index in [9.17, 15) is 19.5 Å². The van der Waals surface area contributed by atoms with Crippen molar-refractivity contribution in [2.75, 3.05) is 18.0 Å². The van der Waals surface area contributed by atoms with Crippen molar-refractivity contribution in [3.05, 3.63) is 65.9 Å². The molecule has 0 spiro atoms. The number of piperidine rings is 1. The van der Waals surface area contributed by atoms with Crippen molar-refractivity contribution in [3.8, 4) is 5.75 Å². The molecule has 0 aliphatic carbocycles. The number of anilines is 1. The fourth-order valence-electron chi connectivity index (χ4n) is 4.17. The fourth-order valence-corrected chi connectivity index (χ4v) is 4.17. The van der Waals surface area contributed by atoms with Gasteiger partial charge in [0.05, 0.1) is 17.7 Å². The van der Waals surface area contributed by atoms with Gasteiger partial charge in [0.15, 0.2) is 5.82 Å². The van der Waals surface area contributed by atoms with E-state index < -0.39 is 17.9 Å². The van der Waals surface area contributed by atoms with Crippen molar-refractivity contribution in [2.45, 2.75) is 18.9 Å². The standard InChI is InChI=1S/C23H19N3O5/c27-21-18-5-1-2-6-19(18)22(28)26(21)20-17-8-7-15(12-14(17)9-10-24-20)31-16-4-3-11-25(13-16)23(29)30/h1-2,5-10,12,16H,3-4,11,13H2,(H,29,30). The number of amides is 3. The molecule has 156 valence electrons. The van der Waals surface area contributed by atoms with Crippen LogP contribution in [0.5, 0.6) is 5.75 Å². The Morgan fingerprint density at radius 2 is 1.81 bits per heavy atom. The molecule has 5 rings (SSSR count). The molecule has 8 nitrogen and oxygen atoms in total. The molecule has 31 heavy (non-hydrogen) atoms. The zero-order chi connectivity index (χ0) is 21.5. The maximum absolute atomic E-state index is 12.9. The number of pyridine rings is 1. The molecular weight excluding hydrogens is 398 g/mol. The van der Waals surface area contributed by atoms with Crippen LogP contribution in [0.15, 0.2) is 54.7 Å². The van der Waals surface area contributed by atoms with Crippen LogP contribution in [0.3, 0.4) is 0 Å². The highest BCUT2D eigenvalue weighted by Gasteiger charge is 2.37. The van der Waals surface area contributed by atoms with Crippen molar-refractivity contribution in [1.82, 2.24) is 9.88 Å². The molecule has 1 fully saturated rings. The van der Waals surface area contributed by atoms with Gasteiger partial charge in [-0.05, 0) is 54.6 Å². The summed E-state index contributed by atoms with van der Waals surface area (Å²) in [7, 11) is 0. The van der Waals surface area contributed by atoms with Gasteiger partial charge in [0.1, 0.15) is 11.9 Å². The number of ether oxygens (including phenoxy) is 1. The average molecular weight is 417 g/mol. The number of carbonyl (C=O) groups is 3. The molecule has 2 aliphatic rings. The zero-order valence-electron chi connectivity index (χ0n) is 16.5. The Morgan fingerprint density at radius 3 is 2.52 bits per heavy atom. The summed E-state index contributed by atoms with van der Waals surface area (Å²) in [4.78, 5) is 43.7. The van der Waals surface area contributed by atoms with Crippen LogP contribution >= 0.6 is 0 Å². The van der Waals surface area contributed by atoms with Crippen LogP contribution in [-0.2, 0) is 0 Å². The maximum atomic E-state index is 12.9. The quantitative estimate of drug-likeness (QED) is 0.654. The molecule has 2 aliphatic heterocycles. The lowest BCUT2D eigenvalue weighted by Crippen LogP contribution is -2.43. The normalized spacial score (nSPS) is 18.4. The number of nitrogens with zero attached hydrogens (tertiary/aromatic N) is 3. The lowest BCUT2D eigenvalue weighted by atomic mass is 10.1. The molecule has 3 amide bonds. The smallest absolute Gasteiger partial charge is 0.407 e. The first kappa shape index (κ1) is 19.0. The second-order valence-electron chi connectivity index (χ2n) is 7.62. The summed E-state index contributed by atoms with van der Waals surface area (Å²) in [5, 5.41) is 10.6. The molecule has 1 N–H and O–H groups in total. The van der Waals surface area contributed by atoms with E-state index in [4.69, 9.17) is 4.74 Å². The minimum atomic E-state index is -0.941. The molecule has 0 radical (unpaired) electrons. The van der Waals surface area contributed by atoms with Gasteiger partial charge in [-0.1, -0.05) is 12.1 Å². The largest absolute Gasteiger partial charge is 0.489 e. The predicted molar refractivity (Wildman–Crippen MR) is 113 cm³/mol. The van der Waals surface area contributed by atoms with E-state index in [1.807, 2.05) is 6.07 Å². The molecule has 3 heterocycles. The number of rotatable bonds is 3. The Hall–Kier alpha value is -3.94. The van der Waals surface area contributed by atoms with Crippen LogP contribution in [0.1, 0.15) is 33.6 Å². The van der Waals surface area contributed by atoms with Crippen LogP contribution in [-0.4, -0.2) is 52.1 Å². The first-order chi connectivity index (χ1) is 15.0. The molecule has 2 aromatic carbocycles. The maximum Gasteiger partial charge on any atom is 0.407 e. The average Bonchev–Trinajstić information content (AvgIpc) is 3.03. The van der Waals surface area contributed by atoms with Gasteiger partial charge in [-0.25, -0.2) is 14.7 Å². The number of hydrogen-bond acceptors (Lipinski definition) is 5. The third-order valence-electron chi connectivity index (χ3n) is 5.67. The molecule has 8 heteroatoms.